The summed E-state index contributed by atoms with van der Waals surface area (Å²) >= 11 is 0. The van der Waals surface area contributed by atoms with Gasteiger partial charge in [-0.2, -0.15) is 0 Å². The third-order valence-corrected chi connectivity index (χ3v) is 4.58. The quantitative estimate of drug-likeness (QED) is 0.849. The van der Waals surface area contributed by atoms with Crippen molar-refractivity contribution in [2.24, 2.45) is 5.41 Å². The fraction of sp³-hybridized carbons (Fsp3) is 0.650. The predicted molar refractivity (Wildman–Crippen MR) is 98.1 cm³/mol. The Kier molecular flexibility index (Phi) is 5.59. The number of hydrogen-bond acceptors (Lipinski definition) is 3. The highest BCUT2D eigenvalue weighted by Crippen LogP contribution is 2.44. The molecule has 0 saturated carbocycles. The molecule has 0 aliphatic heterocycles. The minimum absolute atomic E-state index is 0.0587. The van der Waals surface area contributed by atoms with E-state index in [0.29, 0.717) is 6.04 Å². The largest absolute Gasteiger partial charge is 0.444 e. The van der Waals surface area contributed by atoms with Crippen LogP contribution in [0.3, 0.4) is 0 Å². The topological polar surface area (TPSA) is 50.4 Å². The van der Waals surface area contributed by atoms with Gasteiger partial charge in [-0.1, -0.05) is 45.0 Å². The van der Waals surface area contributed by atoms with E-state index < -0.39 is 5.60 Å². The van der Waals surface area contributed by atoms with Crippen molar-refractivity contribution in [2.75, 3.05) is 6.54 Å². The number of nitrogens with one attached hydrogen (secondary N) is 2. The summed E-state index contributed by atoms with van der Waals surface area (Å²) in [6.07, 6.45) is 1.60. The molecule has 134 valence electrons. The maximum atomic E-state index is 12.0. The number of carbonyl (C=O) groups is 1. The van der Waals surface area contributed by atoms with Crippen LogP contribution in [0.5, 0.6) is 0 Å². The van der Waals surface area contributed by atoms with E-state index in [-0.39, 0.29) is 17.6 Å². The van der Waals surface area contributed by atoms with Gasteiger partial charge in [0.25, 0.3) is 0 Å². The second-order valence-electron chi connectivity index (χ2n) is 8.46. The van der Waals surface area contributed by atoms with E-state index >= 15 is 0 Å². The molecule has 2 unspecified atom stereocenters. The predicted octanol–water partition coefficient (Wildman–Crippen LogP) is 4.20. The molecule has 0 radical (unpaired) electrons. The van der Waals surface area contributed by atoms with Crippen LogP contribution in [0.1, 0.15) is 65.1 Å². The first-order valence-electron chi connectivity index (χ1n) is 8.93. The summed E-state index contributed by atoms with van der Waals surface area (Å²) in [5, 5.41) is 6.65. The van der Waals surface area contributed by atoms with Crippen molar-refractivity contribution < 1.29 is 9.53 Å². The lowest BCUT2D eigenvalue weighted by molar-refractivity contribution is 0.0500. The summed E-state index contributed by atoms with van der Waals surface area (Å²) in [5.74, 6) is 0. The lowest BCUT2D eigenvalue weighted by Crippen LogP contribution is -2.45. The molecule has 0 bridgehead atoms. The SMILES string of the molecule is CCC(CNC1c2ccccc2CC1(C)C)NC(=O)OC(C)(C)C. The first-order valence-corrected chi connectivity index (χ1v) is 8.93. The molecule has 0 spiro atoms. The Labute approximate surface area is 146 Å². The lowest BCUT2D eigenvalue weighted by atomic mass is 9.85. The molecule has 24 heavy (non-hydrogen) atoms. The van der Waals surface area contributed by atoms with Gasteiger partial charge in [0, 0.05) is 18.6 Å². The summed E-state index contributed by atoms with van der Waals surface area (Å²) in [6.45, 7) is 13.0. The van der Waals surface area contributed by atoms with Crippen LogP contribution in [0.4, 0.5) is 4.79 Å². The molecule has 1 aromatic rings. The monoisotopic (exact) mass is 332 g/mol. The summed E-state index contributed by atoms with van der Waals surface area (Å²) in [6, 6.07) is 9.01. The number of rotatable bonds is 5. The molecule has 0 saturated heterocycles. The zero-order chi connectivity index (χ0) is 18.0. The van der Waals surface area contributed by atoms with Gasteiger partial charge in [0.15, 0.2) is 0 Å². The van der Waals surface area contributed by atoms with Gasteiger partial charge >= 0.3 is 6.09 Å². The first kappa shape index (κ1) is 18.8. The fourth-order valence-corrected chi connectivity index (χ4v) is 3.41. The van der Waals surface area contributed by atoms with Gasteiger partial charge in [0.05, 0.1) is 0 Å². The van der Waals surface area contributed by atoms with Crippen molar-refractivity contribution in [2.45, 2.75) is 72.1 Å². The average Bonchev–Trinajstić information content (AvgIpc) is 2.71. The number of ether oxygens (including phenoxy) is 1. The molecule has 2 atom stereocenters. The average molecular weight is 332 g/mol. The van der Waals surface area contributed by atoms with E-state index in [0.717, 1.165) is 19.4 Å². The van der Waals surface area contributed by atoms with Crippen molar-refractivity contribution >= 4 is 6.09 Å². The van der Waals surface area contributed by atoms with Gasteiger partial charge in [0.2, 0.25) is 0 Å². The Morgan fingerprint density at radius 1 is 1.33 bits per heavy atom. The Balaban J connectivity index is 1.96. The van der Waals surface area contributed by atoms with Gasteiger partial charge in [-0.3, -0.25) is 0 Å². The van der Waals surface area contributed by atoms with Gasteiger partial charge in [-0.05, 0) is 50.2 Å². The molecule has 1 amide bonds. The Morgan fingerprint density at radius 3 is 2.62 bits per heavy atom. The van der Waals surface area contributed by atoms with Crippen LogP contribution in [0.2, 0.25) is 0 Å². The van der Waals surface area contributed by atoms with Crippen LogP contribution < -0.4 is 10.6 Å². The van der Waals surface area contributed by atoms with Crippen molar-refractivity contribution in [3.8, 4) is 0 Å². The second-order valence-corrected chi connectivity index (χ2v) is 8.46. The Morgan fingerprint density at radius 2 is 2.00 bits per heavy atom. The zero-order valence-electron chi connectivity index (χ0n) is 15.9. The van der Waals surface area contributed by atoms with E-state index in [2.05, 4.69) is 55.7 Å². The first-order chi connectivity index (χ1) is 11.1. The summed E-state index contributed by atoms with van der Waals surface area (Å²) in [4.78, 5) is 12.0. The summed E-state index contributed by atoms with van der Waals surface area (Å²) in [7, 11) is 0. The van der Waals surface area contributed by atoms with Crippen molar-refractivity contribution in [3.05, 3.63) is 35.4 Å². The molecule has 1 aliphatic carbocycles. The van der Waals surface area contributed by atoms with E-state index in [9.17, 15) is 4.79 Å². The molecule has 0 aromatic heterocycles. The van der Waals surface area contributed by atoms with Gasteiger partial charge in [-0.25, -0.2) is 4.79 Å². The number of amides is 1. The summed E-state index contributed by atoms with van der Waals surface area (Å²) in [5.41, 5.74) is 2.51. The maximum Gasteiger partial charge on any atom is 0.407 e. The molecule has 2 N–H and O–H groups in total. The van der Waals surface area contributed by atoms with Crippen LogP contribution in [0, 0.1) is 5.41 Å². The molecule has 1 aromatic carbocycles. The normalized spacial score (nSPS) is 20.3. The van der Waals surface area contributed by atoms with Crippen molar-refractivity contribution in [1.82, 2.24) is 10.6 Å². The van der Waals surface area contributed by atoms with Crippen molar-refractivity contribution in [1.29, 1.82) is 0 Å². The second kappa shape index (κ2) is 7.14. The van der Waals surface area contributed by atoms with Gasteiger partial charge < -0.3 is 15.4 Å². The van der Waals surface area contributed by atoms with Crippen LogP contribution in [-0.4, -0.2) is 24.3 Å². The van der Waals surface area contributed by atoms with Gasteiger partial charge in [-0.15, -0.1) is 0 Å². The molecule has 0 heterocycles. The van der Waals surface area contributed by atoms with E-state index in [1.807, 2.05) is 20.8 Å². The molecular weight excluding hydrogens is 300 g/mol. The fourth-order valence-electron chi connectivity index (χ4n) is 3.41. The number of fused-ring (bicyclic) bond motifs is 1. The van der Waals surface area contributed by atoms with Crippen LogP contribution >= 0.6 is 0 Å². The number of benzene rings is 1. The van der Waals surface area contributed by atoms with E-state index in [1.165, 1.54) is 11.1 Å². The minimum Gasteiger partial charge on any atom is -0.444 e. The highest BCUT2D eigenvalue weighted by molar-refractivity contribution is 5.68. The van der Waals surface area contributed by atoms with Gasteiger partial charge in [0.1, 0.15) is 5.60 Å². The molecule has 4 heteroatoms. The zero-order valence-corrected chi connectivity index (χ0v) is 15.9. The molecular formula is C20H32N2O2. The van der Waals surface area contributed by atoms with Crippen LogP contribution in [0.15, 0.2) is 24.3 Å². The molecule has 2 rings (SSSR count). The van der Waals surface area contributed by atoms with E-state index in [1.54, 1.807) is 0 Å². The third-order valence-electron chi connectivity index (χ3n) is 4.58. The highest BCUT2D eigenvalue weighted by atomic mass is 16.6. The number of hydrogen-bond donors (Lipinski definition) is 2. The van der Waals surface area contributed by atoms with E-state index in [4.69, 9.17) is 4.74 Å². The Bertz CT molecular complexity index is 575. The minimum atomic E-state index is -0.470. The van der Waals surface area contributed by atoms with Crippen LogP contribution in [-0.2, 0) is 11.2 Å². The molecule has 0 fully saturated rings. The Hall–Kier alpha value is -1.55. The smallest absolute Gasteiger partial charge is 0.407 e. The molecule has 4 nitrogen and oxygen atoms in total. The molecule has 1 aliphatic rings. The number of carbonyl (C=O) groups excluding carboxylic acids is 1. The lowest BCUT2D eigenvalue weighted by Gasteiger charge is -2.31. The summed E-state index contributed by atoms with van der Waals surface area (Å²) < 4.78 is 5.36. The standard InChI is InChI=1S/C20H32N2O2/c1-7-15(22-18(23)24-19(2,3)4)13-21-17-16-11-9-8-10-14(16)12-20(17,5)6/h8-11,15,17,21H,7,12-13H2,1-6H3,(H,22,23). The highest BCUT2D eigenvalue weighted by Gasteiger charge is 2.38. The number of alkyl carbamates (subject to hydrolysis) is 1. The maximum absolute atomic E-state index is 12.0. The third kappa shape index (κ3) is 4.73. The van der Waals surface area contributed by atoms with Crippen molar-refractivity contribution in [3.63, 3.8) is 0 Å². The van der Waals surface area contributed by atoms with Crippen LogP contribution in [0.25, 0.3) is 0 Å².